The first-order chi connectivity index (χ1) is 9.79. The van der Waals surface area contributed by atoms with Crippen molar-refractivity contribution in [1.29, 1.82) is 0 Å². The van der Waals surface area contributed by atoms with E-state index in [0.29, 0.717) is 18.9 Å². The molecule has 4 heteroatoms. The molecule has 0 aliphatic carbocycles. The summed E-state index contributed by atoms with van der Waals surface area (Å²) in [5.74, 6) is 0.568. The maximum absolute atomic E-state index is 11.9. The van der Waals surface area contributed by atoms with Crippen LogP contribution in [-0.4, -0.2) is 30.4 Å². The van der Waals surface area contributed by atoms with Gasteiger partial charge in [-0.25, -0.2) is 4.79 Å². The molecular weight excluding hydrogens is 254 g/mol. The van der Waals surface area contributed by atoms with Gasteiger partial charge in [-0.05, 0) is 30.7 Å². The zero-order valence-electron chi connectivity index (χ0n) is 11.7. The van der Waals surface area contributed by atoms with Crippen LogP contribution in [0.5, 0.6) is 0 Å². The minimum Gasteiger partial charge on any atom is -0.445 e. The third-order valence-electron chi connectivity index (χ3n) is 3.77. The Balaban J connectivity index is 1.70. The highest BCUT2D eigenvalue weighted by Crippen LogP contribution is 2.22. The highest BCUT2D eigenvalue weighted by molar-refractivity contribution is 5.67. The van der Waals surface area contributed by atoms with Crippen molar-refractivity contribution < 1.29 is 14.3 Å². The zero-order valence-corrected chi connectivity index (χ0v) is 11.7. The second kappa shape index (κ2) is 7.68. The summed E-state index contributed by atoms with van der Waals surface area (Å²) < 4.78 is 5.31. The maximum Gasteiger partial charge on any atom is 0.410 e. The van der Waals surface area contributed by atoms with E-state index in [2.05, 4.69) is 0 Å². The first kappa shape index (κ1) is 14.6. The molecule has 1 saturated heterocycles. The molecule has 2 rings (SSSR count). The van der Waals surface area contributed by atoms with Crippen LogP contribution < -0.4 is 0 Å². The lowest BCUT2D eigenvalue weighted by Gasteiger charge is -2.31. The van der Waals surface area contributed by atoms with Gasteiger partial charge in [-0.1, -0.05) is 30.3 Å². The van der Waals surface area contributed by atoms with Gasteiger partial charge in [-0.2, -0.15) is 0 Å². The van der Waals surface area contributed by atoms with E-state index < -0.39 is 0 Å². The van der Waals surface area contributed by atoms with Crippen LogP contribution in [-0.2, 0) is 16.1 Å². The zero-order chi connectivity index (χ0) is 14.2. The average molecular weight is 275 g/mol. The van der Waals surface area contributed by atoms with Crippen LogP contribution in [0.25, 0.3) is 0 Å². The Morgan fingerprint density at radius 1 is 1.25 bits per heavy atom. The van der Waals surface area contributed by atoms with E-state index in [1.807, 2.05) is 30.3 Å². The summed E-state index contributed by atoms with van der Waals surface area (Å²) in [5, 5.41) is 0. The molecule has 20 heavy (non-hydrogen) atoms. The molecule has 0 spiro atoms. The predicted octanol–water partition coefficient (Wildman–Crippen LogP) is 3.01. The largest absolute Gasteiger partial charge is 0.445 e. The van der Waals surface area contributed by atoms with Crippen LogP contribution in [0.1, 0.15) is 31.2 Å². The molecule has 0 N–H and O–H groups in total. The highest BCUT2D eigenvalue weighted by atomic mass is 16.6. The molecule has 0 saturated carbocycles. The minimum atomic E-state index is -0.234. The molecule has 1 heterocycles. The second-order valence-corrected chi connectivity index (χ2v) is 5.21. The van der Waals surface area contributed by atoms with Crippen LogP contribution >= 0.6 is 0 Å². The van der Waals surface area contributed by atoms with E-state index in [1.54, 1.807) is 4.90 Å². The lowest BCUT2D eigenvalue weighted by atomic mass is 9.93. The summed E-state index contributed by atoms with van der Waals surface area (Å²) in [6.07, 6.45) is 4.24. The number of nitrogens with zero attached hydrogens (tertiary/aromatic N) is 1. The van der Waals surface area contributed by atoms with Gasteiger partial charge >= 0.3 is 6.09 Å². The fourth-order valence-electron chi connectivity index (χ4n) is 2.52. The summed E-state index contributed by atoms with van der Waals surface area (Å²) in [5.41, 5.74) is 1.00. The third kappa shape index (κ3) is 4.37. The Morgan fingerprint density at radius 2 is 1.95 bits per heavy atom. The molecule has 0 unspecified atom stereocenters. The molecule has 0 atom stereocenters. The van der Waals surface area contributed by atoms with Gasteiger partial charge in [0.25, 0.3) is 0 Å². The molecule has 108 valence electrons. The van der Waals surface area contributed by atoms with Crippen molar-refractivity contribution in [3.63, 3.8) is 0 Å². The quantitative estimate of drug-likeness (QED) is 0.776. The van der Waals surface area contributed by atoms with Crippen molar-refractivity contribution in [2.75, 3.05) is 13.1 Å². The molecular formula is C16H21NO3. The monoisotopic (exact) mass is 275 g/mol. The molecule has 0 radical (unpaired) electrons. The fraction of sp³-hybridized carbons (Fsp3) is 0.500. The number of benzene rings is 1. The van der Waals surface area contributed by atoms with Crippen molar-refractivity contribution in [2.24, 2.45) is 5.92 Å². The molecule has 0 aromatic heterocycles. The van der Waals surface area contributed by atoms with Gasteiger partial charge in [0.1, 0.15) is 12.9 Å². The third-order valence-corrected chi connectivity index (χ3v) is 3.77. The molecule has 4 nitrogen and oxygen atoms in total. The van der Waals surface area contributed by atoms with Crippen molar-refractivity contribution in [3.05, 3.63) is 35.9 Å². The van der Waals surface area contributed by atoms with Crippen molar-refractivity contribution in [1.82, 2.24) is 4.90 Å². The Kier molecular flexibility index (Phi) is 5.59. The van der Waals surface area contributed by atoms with Gasteiger partial charge in [0.15, 0.2) is 0 Å². The lowest BCUT2D eigenvalue weighted by molar-refractivity contribution is -0.108. The van der Waals surface area contributed by atoms with E-state index in [4.69, 9.17) is 4.74 Å². The molecule has 1 aliphatic heterocycles. The average Bonchev–Trinajstić information content (AvgIpc) is 2.52. The Bertz CT molecular complexity index is 425. The van der Waals surface area contributed by atoms with Crippen LogP contribution in [0, 0.1) is 5.92 Å². The van der Waals surface area contributed by atoms with E-state index in [9.17, 15) is 9.59 Å². The van der Waals surface area contributed by atoms with E-state index in [-0.39, 0.29) is 6.09 Å². The van der Waals surface area contributed by atoms with Gasteiger partial charge in [-0.15, -0.1) is 0 Å². The summed E-state index contributed by atoms with van der Waals surface area (Å²) in [7, 11) is 0. The highest BCUT2D eigenvalue weighted by Gasteiger charge is 2.23. The van der Waals surface area contributed by atoms with E-state index in [1.165, 1.54) is 0 Å². The number of ether oxygens (including phenoxy) is 1. The first-order valence-corrected chi connectivity index (χ1v) is 7.19. The minimum absolute atomic E-state index is 0.234. The smallest absolute Gasteiger partial charge is 0.410 e. The van der Waals surface area contributed by atoms with Crippen LogP contribution in [0.15, 0.2) is 30.3 Å². The number of hydrogen-bond acceptors (Lipinski definition) is 3. The topological polar surface area (TPSA) is 46.6 Å². The van der Waals surface area contributed by atoms with Crippen LogP contribution in [0.4, 0.5) is 4.79 Å². The number of likely N-dealkylation sites (tertiary alicyclic amines) is 1. The fourth-order valence-corrected chi connectivity index (χ4v) is 2.52. The number of aldehydes is 1. The Morgan fingerprint density at radius 3 is 2.60 bits per heavy atom. The van der Waals surface area contributed by atoms with Crippen molar-refractivity contribution in [2.45, 2.75) is 32.3 Å². The van der Waals surface area contributed by atoms with Crippen molar-refractivity contribution >= 4 is 12.4 Å². The Hall–Kier alpha value is -1.84. The van der Waals surface area contributed by atoms with Gasteiger partial charge in [0, 0.05) is 19.5 Å². The van der Waals surface area contributed by atoms with Gasteiger partial charge in [0.2, 0.25) is 0 Å². The normalized spacial score (nSPS) is 15.9. The number of rotatable bonds is 5. The van der Waals surface area contributed by atoms with Gasteiger partial charge in [0.05, 0.1) is 0 Å². The molecule has 1 aromatic carbocycles. The lowest BCUT2D eigenvalue weighted by Crippen LogP contribution is -2.38. The number of carbonyl (C=O) groups is 2. The summed E-state index contributed by atoms with van der Waals surface area (Å²) in [6, 6.07) is 9.69. The molecule has 1 amide bonds. The number of piperidine rings is 1. The van der Waals surface area contributed by atoms with Crippen LogP contribution in [0.2, 0.25) is 0 Å². The first-order valence-electron chi connectivity index (χ1n) is 7.19. The molecule has 1 aromatic rings. The number of amides is 1. The summed E-state index contributed by atoms with van der Waals surface area (Å²) in [4.78, 5) is 24.1. The van der Waals surface area contributed by atoms with Gasteiger partial charge in [-0.3, -0.25) is 0 Å². The molecule has 0 bridgehead atoms. The molecule has 1 fully saturated rings. The summed E-state index contributed by atoms with van der Waals surface area (Å²) >= 11 is 0. The Labute approximate surface area is 119 Å². The SMILES string of the molecule is O=CCCC1CCN(C(=O)OCc2ccccc2)CC1. The second-order valence-electron chi connectivity index (χ2n) is 5.21. The number of carbonyl (C=O) groups excluding carboxylic acids is 2. The van der Waals surface area contributed by atoms with E-state index in [0.717, 1.165) is 44.2 Å². The summed E-state index contributed by atoms with van der Waals surface area (Å²) in [6.45, 7) is 1.79. The number of hydrogen-bond donors (Lipinski definition) is 0. The van der Waals surface area contributed by atoms with E-state index >= 15 is 0 Å². The predicted molar refractivity (Wildman–Crippen MR) is 76.2 cm³/mol. The standard InChI is InChI=1S/C16H21NO3/c18-12-4-7-14-8-10-17(11-9-14)16(19)20-13-15-5-2-1-3-6-15/h1-3,5-6,12,14H,4,7-11,13H2. The van der Waals surface area contributed by atoms with Crippen LogP contribution in [0.3, 0.4) is 0 Å². The van der Waals surface area contributed by atoms with Gasteiger partial charge < -0.3 is 14.4 Å². The maximum atomic E-state index is 11.9. The molecule has 1 aliphatic rings. The van der Waals surface area contributed by atoms with Crippen molar-refractivity contribution in [3.8, 4) is 0 Å².